The van der Waals surface area contributed by atoms with Crippen LogP contribution in [0.1, 0.15) is 130 Å². The number of thioether (sulfide) groups is 2. The second-order valence-electron chi connectivity index (χ2n) is 21.9. The number of carbonyl (C=O) groups excluding carboxylic acids is 4. The molecule has 2 aromatic heterocycles. The molecule has 4 amide bonds. The molecule has 0 bridgehead atoms. The lowest BCUT2D eigenvalue weighted by atomic mass is 9.84. The van der Waals surface area contributed by atoms with E-state index in [0.717, 1.165) is 140 Å². The average Bonchev–Trinajstić information content (AvgIpc) is 4.37. The second-order valence-corrected chi connectivity index (χ2v) is 23.8. The first-order chi connectivity index (χ1) is 37.5. The first-order valence-corrected chi connectivity index (χ1v) is 30.8. The summed E-state index contributed by atoms with van der Waals surface area (Å²) in [5.41, 5.74) is 13.1. The van der Waals surface area contributed by atoms with Gasteiger partial charge in [-0.25, -0.2) is 19.6 Å². The number of rotatable bonds is 18. The van der Waals surface area contributed by atoms with Gasteiger partial charge in [0.25, 0.3) is 0 Å². The molecule has 8 unspecified atom stereocenters. The van der Waals surface area contributed by atoms with Gasteiger partial charge < -0.3 is 39.9 Å². The first kappa shape index (κ1) is 54.4. The van der Waals surface area contributed by atoms with E-state index >= 15 is 0 Å². The number of ether oxygens (including phenoxy) is 2. The molecule has 10 rings (SSSR count). The van der Waals surface area contributed by atoms with Crippen LogP contribution < -0.4 is 10.6 Å². The van der Waals surface area contributed by atoms with Crippen molar-refractivity contribution in [3.63, 3.8) is 0 Å². The predicted octanol–water partition coefficient (Wildman–Crippen LogP) is 12.0. The number of imidazole rings is 2. The maximum Gasteiger partial charge on any atom is 0.407 e. The Bertz CT molecular complexity index is 3080. The van der Waals surface area contributed by atoms with Crippen molar-refractivity contribution in [3.8, 4) is 22.3 Å². The smallest absolute Gasteiger partial charge is 0.407 e. The Morgan fingerprint density at radius 1 is 0.636 bits per heavy atom. The average molecular weight is 1080 g/mol. The number of alkyl carbamates (subject to hydrolysis) is 2. The quantitative estimate of drug-likeness (QED) is 0.0648. The number of H-pyrrole nitrogens is 2. The molecule has 2 saturated heterocycles. The molecule has 2 aliphatic heterocycles. The molecule has 2 aliphatic carbocycles. The Hall–Kier alpha value is -6.00. The number of benzene rings is 4. The van der Waals surface area contributed by atoms with Gasteiger partial charge in [0.2, 0.25) is 11.8 Å². The van der Waals surface area contributed by atoms with E-state index in [4.69, 9.17) is 19.4 Å². The highest BCUT2D eigenvalue weighted by Gasteiger charge is 2.49. The molecule has 4 heterocycles. The summed E-state index contributed by atoms with van der Waals surface area (Å²) in [6.45, 7) is 4.34. The molecule has 8 atom stereocenters. The molecule has 4 aliphatic rings. The summed E-state index contributed by atoms with van der Waals surface area (Å²) in [7, 11) is 2.68. The summed E-state index contributed by atoms with van der Waals surface area (Å²) in [6.07, 6.45) is 16.6. The van der Waals surface area contributed by atoms with Crippen molar-refractivity contribution >= 4 is 69.6 Å². The number of hydrogen-bond donors (Lipinski definition) is 4. The van der Waals surface area contributed by atoms with E-state index in [-0.39, 0.29) is 36.0 Å². The van der Waals surface area contributed by atoms with Crippen LogP contribution in [0.15, 0.2) is 72.8 Å². The SMILES string of the molecule is CCc1cc(-c2ccc3nc(C4CC5CCCCC5N4C(=O)C(CCSC)NC(=O)OC)[nH]c3c2)c(CCc2ccc(C)cc2)cc1-c1ccc2nc(C3CC4CCCCC4N3C(=O)C(CCSC)NC(=O)OC)[nH]c2c1. The summed E-state index contributed by atoms with van der Waals surface area (Å²) >= 11 is 3.31. The van der Waals surface area contributed by atoms with Crippen LogP contribution in [0.4, 0.5) is 9.59 Å². The van der Waals surface area contributed by atoms with Crippen molar-refractivity contribution in [2.45, 2.75) is 146 Å². The maximum atomic E-state index is 14.7. The summed E-state index contributed by atoms with van der Waals surface area (Å²) in [5.74, 6) is 3.69. The van der Waals surface area contributed by atoms with E-state index in [1.165, 1.54) is 47.6 Å². The van der Waals surface area contributed by atoms with E-state index in [1.807, 2.05) is 12.5 Å². The van der Waals surface area contributed by atoms with E-state index in [0.29, 0.717) is 24.7 Å². The van der Waals surface area contributed by atoms with Crippen molar-refractivity contribution < 1.29 is 28.7 Å². The van der Waals surface area contributed by atoms with Gasteiger partial charge in [-0.1, -0.05) is 86.7 Å². The van der Waals surface area contributed by atoms with Crippen molar-refractivity contribution in [1.29, 1.82) is 0 Å². The van der Waals surface area contributed by atoms with Crippen molar-refractivity contribution in [3.05, 3.63) is 107 Å². The fraction of sp³-hybridized carbons (Fsp3) is 0.508. The van der Waals surface area contributed by atoms with Gasteiger partial charge in [-0.3, -0.25) is 9.59 Å². The number of carbonyl (C=O) groups is 4. The number of nitrogens with zero attached hydrogens (tertiary/aromatic N) is 4. The van der Waals surface area contributed by atoms with E-state index in [2.05, 4.69) is 117 Å². The summed E-state index contributed by atoms with van der Waals surface area (Å²) in [5, 5.41) is 5.74. The minimum Gasteiger partial charge on any atom is -0.453 e. The number of aromatic nitrogens is 4. The van der Waals surface area contributed by atoms with Gasteiger partial charge in [-0.05, 0) is 177 Å². The molecular formula is C61H76N8O6S2. The lowest BCUT2D eigenvalue weighted by molar-refractivity contribution is -0.138. The maximum absolute atomic E-state index is 14.7. The zero-order valence-electron chi connectivity index (χ0n) is 45.6. The molecule has 6 aromatic rings. The molecular weight excluding hydrogens is 1000 g/mol. The Morgan fingerprint density at radius 2 is 1.10 bits per heavy atom. The Balaban J connectivity index is 0.988. The number of aryl methyl sites for hydroxylation is 4. The molecule has 408 valence electrons. The van der Waals surface area contributed by atoms with Gasteiger partial charge in [0.1, 0.15) is 23.7 Å². The Morgan fingerprint density at radius 3 is 1.57 bits per heavy atom. The highest BCUT2D eigenvalue weighted by molar-refractivity contribution is 7.98. The van der Waals surface area contributed by atoms with Crippen molar-refractivity contribution in [2.75, 3.05) is 38.2 Å². The van der Waals surface area contributed by atoms with Crippen molar-refractivity contribution in [2.24, 2.45) is 11.8 Å². The minimum absolute atomic E-state index is 0.0607. The van der Waals surface area contributed by atoms with E-state index in [9.17, 15) is 19.2 Å². The normalized spacial score (nSPS) is 21.9. The van der Waals surface area contributed by atoms with Crippen LogP contribution in [-0.4, -0.2) is 116 Å². The lowest BCUT2D eigenvalue weighted by Gasteiger charge is -2.36. The standard InChI is InChI=1S/C61H76N8O6S2/c1-7-38-30-45(41-23-25-47-51(33-41)65-57(63-47)55-35-43-13-9-11-15-53(43)69(55)59(71)49(27-29-77-6)67-61(73)75-4)39(21-20-37-18-16-36(2)17-19-37)31-44(38)40-22-24-46-50(32-40)64-56(62-46)54-34-42-12-8-10-14-52(42)68(54)58(70)48(26-28-76-5)66-60(72)74-3/h16-19,22-25,30-33,42-43,48-49,52-55H,7-15,20-21,26-29,34-35H2,1-6H3,(H,62,64)(H,63,65)(H,66,72)(H,67,73). The van der Waals surface area contributed by atoms with Gasteiger partial charge in [-0.2, -0.15) is 23.5 Å². The minimum atomic E-state index is -0.682. The number of aromatic amines is 2. The van der Waals surface area contributed by atoms with Crippen LogP contribution in [0.2, 0.25) is 0 Å². The van der Waals surface area contributed by atoms with Crippen LogP contribution in [0, 0.1) is 18.8 Å². The Kier molecular flexibility index (Phi) is 17.2. The number of methoxy groups -OCH3 is 2. The number of fused-ring (bicyclic) bond motifs is 4. The number of likely N-dealkylation sites (tertiary alicyclic amines) is 2. The Labute approximate surface area is 461 Å². The van der Waals surface area contributed by atoms with Crippen LogP contribution in [-0.2, 0) is 38.3 Å². The van der Waals surface area contributed by atoms with E-state index < -0.39 is 24.3 Å². The van der Waals surface area contributed by atoms with E-state index in [1.54, 1.807) is 23.5 Å². The van der Waals surface area contributed by atoms with Crippen LogP contribution >= 0.6 is 23.5 Å². The third kappa shape index (κ3) is 11.6. The first-order valence-electron chi connectivity index (χ1n) is 28.0. The third-order valence-electron chi connectivity index (χ3n) is 17.2. The molecule has 4 N–H and O–H groups in total. The number of nitrogens with one attached hydrogen (secondary N) is 4. The molecule has 14 nitrogen and oxygen atoms in total. The topological polar surface area (TPSA) is 175 Å². The summed E-state index contributed by atoms with van der Waals surface area (Å²) < 4.78 is 9.96. The van der Waals surface area contributed by atoms with Crippen LogP contribution in [0.25, 0.3) is 44.3 Å². The zero-order chi connectivity index (χ0) is 53.7. The summed E-state index contributed by atoms with van der Waals surface area (Å²) in [6, 6.07) is 25.0. The van der Waals surface area contributed by atoms with Gasteiger partial charge in [0.15, 0.2) is 0 Å². The number of amides is 4. The monoisotopic (exact) mass is 1080 g/mol. The van der Waals surface area contributed by atoms with Gasteiger partial charge in [0.05, 0.1) is 48.4 Å². The third-order valence-corrected chi connectivity index (χ3v) is 18.5. The van der Waals surface area contributed by atoms with Gasteiger partial charge in [0, 0.05) is 12.1 Å². The lowest BCUT2D eigenvalue weighted by Crippen LogP contribution is -2.52. The molecule has 2 saturated carbocycles. The molecule has 0 spiro atoms. The fourth-order valence-electron chi connectivity index (χ4n) is 13.3. The van der Waals surface area contributed by atoms with Gasteiger partial charge in [-0.15, -0.1) is 0 Å². The van der Waals surface area contributed by atoms with Crippen LogP contribution in [0.3, 0.4) is 0 Å². The fourth-order valence-corrected chi connectivity index (χ4v) is 14.2. The molecule has 4 aromatic carbocycles. The highest BCUT2D eigenvalue weighted by atomic mass is 32.2. The molecule has 77 heavy (non-hydrogen) atoms. The predicted molar refractivity (Wildman–Crippen MR) is 309 cm³/mol. The molecule has 4 fully saturated rings. The number of hydrogen-bond acceptors (Lipinski definition) is 10. The van der Waals surface area contributed by atoms with Gasteiger partial charge >= 0.3 is 12.2 Å². The molecule has 16 heteroatoms. The summed E-state index contributed by atoms with van der Waals surface area (Å²) in [4.78, 5) is 76.4. The zero-order valence-corrected chi connectivity index (χ0v) is 47.3. The molecule has 0 radical (unpaired) electrons. The van der Waals surface area contributed by atoms with Crippen LogP contribution in [0.5, 0.6) is 0 Å². The highest BCUT2D eigenvalue weighted by Crippen LogP contribution is 2.48. The van der Waals surface area contributed by atoms with Crippen molar-refractivity contribution in [1.82, 2.24) is 40.4 Å². The second kappa shape index (κ2) is 24.3. The largest absolute Gasteiger partial charge is 0.453 e.